The quantitative estimate of drug-likeness (QED) is 0.575. The van der Waals surface area contributed by atoms with Gasteiger partial charge in [-0.2, -0.15) is 0 Å². The highest BCUT2D eigenvalue weighted by Gasteiger charge is 2.34. The zero-order chi connectivity index (χ0) is 21.8. The predicted octanol–water partition coefficient (Wildman–Crippen LogP) is 5.29. The third kappa shape index (κ3) is 4.59. The Balaban J connectivity index is 1.56. The normalized spacial score (nSPS) is 15.7. The summed E-state index contributed by atoms with van der Waals surface area (Å²) in [7, 11) is 1.59. The lowest BCUT2D eigenvalue weighted by molar-refractivity contribution is -0.115. The number of hydrogen-bond acceptors (Lipinski definition) is 4. The van der Waals surface area contributed by atoms with Crippen molar-refractivity contribution >= 4 is 35.0 Å². The number of carbonyl (C=O) groups excluding carboxylic acids is 2. The number of amides is 2. The van der Waals surface area contributed by atoms with Crippen LogP contribution in [0.2, 0.25) is 0 Å². The number of methoxy groups -OCH3 is 1. The van der Waals surface area contributed by atoms with Crippen molar-refractivity contribution in [1.82, 2.24) is 0 Å². The second-order valence-electron chi connectivity index (χ2n) is 7.26. The lowest BCUT2D eigenvalue weighted by Gasteiger charge is -2.25. The van der Waals surface area contributed by atoms with E-state index in [4.69, 9.17) is 4.74 Å². The number of nitrogens with one attached hydrogen (secondary N) is 1. The van der Waals surface area contributed by atoms with Crippen molar-refractivity contribution in [2.45, 2.75) is 18.7 Å². The Morgan fingerprint density at radius 1 is 1.10 bits per heavy atom. The molecule has 0 unspecified atom stereocenters. The molecule has 31 heavy (non-hydrogen) atoms. The summed E-state index contributed by atoms with van der Waals surface area (Å²) in [5, 5.41) is 2.82. The van der Waals surface area contributed by atoms with Gasteiger partial charge in [-0.25, -0.2) is 0 Å². The molecular formula is C25H24N2O3S. The first-order valence-corrected chi connectivity index (χ1v) is 11.2. The van der Waals surface area contributed by atoms with Crippen LogP contribution in [-0.2, 0) is 11.2 Å². The van der Waals surface area contributed by atoms with Crippen LogP contribution in [0.3, 0.4) is 0 Å². The molecule has 0 spiro atoms. The molecular weight excluding hydrogens is 408 g/mol. The first kappa shape index (κ1) is 21.0. The Bertz CT molecular complexity index is 1100. The average molecular weight is 433 g/mol. The Kier molecular flexibility index (Phi) is 6.28. The van der Waals surface area contributed by atoms with Crippen LogP contribution in [0.5, 0.6) is 5.75 Å². The van der Waals surface area contributed by atoms with Crippen LogP contribution in [0.25, 0.3) is 0 Å². The molecule has 3 aromatic rings. The zero-order valence-corrected chi connectivity index (χ0v) is 18.3. The minimum absolute atomic E-state index is 0.0934. The molecule has 2 amide bonds. The highest BCUT2D eigenvalue weighted by Crippen LogP contribution is 2.42. The molecule has 0 saturated carbocycles. The van der Waals surface area contributed by atoms with Gasteiger partial charge in [0.05, 0.1) is 12.9 Å². The van der Waals surface area contributed by atoms with Gasteiger partial charge in [-0.15, -0.1) is 11.8 Å². The summed E-state index contributed by atoms with van der Waals surface area (Å²) in [5.41, 5.74) is 4.33. The SMILES string of the molecule is CCc1cccc(N2C(=O)CS[C@@H]2c2cccc(NC(=O)c3ccc(OC)cc3)c2)c1. The number of carbonyl (C=O) groups is 2. The maximum atomic E-state index is 12.7. The van der Waals surface area contributed by atoms with Crippen LogP contribution < -0.4 is 15.0 Å². The van der Waals surface area contributed by atoms with E-state index in [1.807, 2.05) is 41.3 Å². The van der Waals surface area contributed by atoms with Gasteiger partial charge in [0.2, 0.25) is 5.91 Å². The van der Waals surface area contributed by atoms with Crippen molar-refractivity contribution in [1.29, 1.82) is 0 Å². The fourth-order valence-electron chi connectivity index (χ4n) is 3.59. The van der Waals surface area contributed by atoms with Crippen LogP contribution in [-0.4, -0.2) is 24.7 Å². The maximum absolute atomic E-state index is 12.7. The van der Waals surface area contributed by atoms with Crippen LogP contribution >= 0.6 is 11.8 Å². The molecule has 1 atom stereocenters. The molecule has 1 fully saturated rings. The molecule has 1 aliphatic heterocycles. The molecule has 0 aliphatic carbocycles. The molecule has 1 heterocycles. The second-order valence-corrected chi connectivity index (χ2v) is 8.33. The molecule has 5 nitrogen and oxygen atoms in total. The van der Waals surface area contributed by atoms with Crippen LogP contribution in [0.1, 0.15) is 33.8 Å². The maximum Gasteiger partial charge on any atom is 0.255 e. The van der Waals surface area contributed by atoms with Gasteiger partial charge in [0, 0.05) is 16.9 Å². The number of aryl methyl sites for hydroxylation is 1. The third-order valence-corrected chi connectivity index (χ3v) is 6.46. The Labute approximate surface area is 186 Å². The fraction of sp³-hybridized carbons (Fsp3) is 0.200. The van der Waals surface area contributed by atoms with Gasteiger partial charge in [0.15, 0.2) is 0 Å². The molecule has 1 saturated heterocycles. The molecule has 0 bridgehead atoms. The van der Waals surface area contributed by atoms with Gasteiger partial charge in [-0.05, 0) is 66.1 Å². The number of rotatable bonds is 6. The third-order valence-electron chi connectivity index (χ3n) is 5.25. The lowest BCUT2D eigenvalue weighted by atomic mass is 10.1. The molecule has 0 aromatic heterocycles. The smallest absolute Gasteiger partial charge is 0.255 e. The standard InChI is InChI=1S/C25H24N2O3S/c1-3-17-6-4-9-21(14-17)27-23(28)16-31-25(27)19-7-5-8-20(15-19)26-24(29)18-10-12-22(30-2)13-11-18/h4-15,25H,3,16H2,1-2H3,(H,26,29)/t25-/m1/s1. The topological polar surface area (TPSA) is 58.6 Å². The summed E-state index contributed by atoms with van der Waals surface area (Å²) in [4.78, 5) is 27.2. The lowest BCUT2D eigenvalue weighted by Crippen LogP contribution is -2.28. The summed E-state index contributed by atoms with van der Waals surface area (Å²) in [6, 6.07) is 22.8. The minimum atomic E-state index is -0.192. The second kappa shape index (κ2) is 9.27. The number of nitrogens with zero attached hydrogens (tertiary/aromatic N) is 1. The van der Waals surface area contributed by atoms with Crippen molar-refractivity contribution in [3.8, 4) is 5.75 Å². The summed E-state index contributed by atoms with van der Waals surface area (Å²) in [6.07, 6.45) is 0.917. The van der Waals surface area contributed by atoms with E-state index >= 15 is 0 Å². The van der Waals surface area contributed by atoms with E-state index in [2.05, 4.69) is 24.4 Å². The van der Waals surface area contributed by atoms with Crippen molar-refractivity contribution in [3.05, 3.63) is 89.5 Å². The van der Waals surface area contributed by atoms with E-state index in [1.165, 1.54) is 5.56 Å². The summed E-state index contributed by atoms with van der Waals surface area (Å²) >= 11 is 1.60. The van der Waals surface area contributed by atoms with Crippen molar-refractivity contribution < 1.29 is 14.3 Å². The molecule has 158 valence electrons. The molecule has 1 N–H and O–H groups in total. The predicted molar refractivity (Wildman–Crippen MR) is 126 cm³/mol. The summed E-state index contributed by atoms with van der Waals surface area (Å²) < 4.78 is 5.14. The Hall–Kier alpha value is -3.25. The first-order chi connectivity index (χ1) is 15.1. The number of hydrogen-bond donors (Lipinski definition) is 1. The van der Waals surface area contributed by atoms with E-state index in [0.29, 0.717) is 22.8 Å². The van der Waals surface area contributed by atoms with Gasteiger partial charge in [0.25, 0.3) is 5.91 Å². The zero-order valence-electron chi connectivity index (χ0n) is 17.5. The number of ether oxygens (including phenoxy) is 1. The molecule has 3 aromatic carbocycles. The summed E-state index contributed by atoms with van der Waals surface area (Å²) in [6.45, 7) is 2.10. The van der Waals surface area contributed by atoms with Gasteiger partial charge in [-0.1, -0.05) is 31.2 Å². The number of thioether (sulfide) groups is 1. The van der Waals surface area contributed by atoms with E-state index in [0.717, 1.165) is 17.7 Å². The molecule has 0 radical (unpaired) electrons. The van der Waals surface area contributed by atoms with E-state index < -0.39 is 0 Å². The Morgan fingerprint density at radius 3 is 2.61 bits per heavy atom. The minimum Gasteiger partial charge on any atom is -0.497 e. The van der Waals surface area contributed by atoms with Crippen LogP contribution in [0.4, 0.5) is 11.4 Å². The number of benzene rings is 3. The highest BCUT2D eigenvalue weighted by atomic mass is 32.2. The van der Waals surface area contributed by atoms with E-state index in [-0.39, 0.29) is 17.2 Å². The largest absolute Gasteiger partial charge is 0.497 e. The van der Waals surface area contributed by atoms with Gasteiger partial charge >= 0.3 is 0 Å². The van der Waals surface area contributed by atoms with Crippen molar-refractivity contribution in [2.24, 2.45) is 0 Å². The fourth-order valence-corrected chi connectivity index (χ4v) is 4.76. The van der Waals surface area contributed by atoms with E-state index in [9.17, 15) is 9.59 Å². The highest BCUT2D eigenvalue weighted by molar-refractivity contribution is 8.00. The van der Waals surface area contributed by atoms with Crippen molar-refractivity contribution in [2.75, 3.05) is 23.1 Å². The average Bonchev–Trinajstić information content (AvgIpc) is 3.20. The first-order valence-electron chi connectivity index (χ1n) is 10.2. The van der Waals surface area contributed by atoms with Crippen LogP contribution in [0, 0.1) is 0 Å². The molecule has 1 aliphatic rings. The summed E-state index contributed by atoms with van der Waals surface area (Å²) in [5.74, 6) is 1.04. The van der Waals surface area contributed by atoms with Gasteiger partial charge in [0.1, 0.15) is 11.1 Å². The van der Waals surface area contributed by atoms with Crippen LogP contribution in [0.15, 0.2) is 72.8 Å². The van der Waals surface area contributed by atoms with Crippen molar-refractivity contribution in [3.63, 3.8) is 0 Å². The molecule has 4 rings (SSSR count). The Morgan fingerprint density at radius 2 is 1.87 bits per heavy atom. The number of anilines is 2. The van der Waals surface area contributed by atoms with E-state index in [1.54, 1.807) is 43.1 Å². The molecule has 6 heteroatoms. The van der Waals surface area contributed by atoms with Gasteiger partial charge in [-0.3, -0.25) is 14.5 Å². The monoisotopic (exact) mass is 432 g/mol. The van der Waals surface area contributed by atoms with Gasteiger partial charge < -0.3 is 10.1 Å².